The van der Waals surface area contributed by atoms with Crippen LogP contribution in [-0.2, 0) is 4.74 Å². The molecule has 0 amide bonds. The van der Waals surface area contributed by atoms with Crippen molar-refractivity contribution in [3.05, 3.63) is 47.6 Å². The van der Waals surface area contributed by atoms with Crippen molar-refractivity contribution in [2.45, 2.75) is 32.3 Å². The van der Waals surface area contributed by atoms with Gasteiger partial charge in [0.2, 0.25) is 0 Å². The lowest BCUT2D eigenvalue weighted by atomic mass is 10.0. The standard InChI is InChI=1S/C22H24FN3O/c1-13-9-14-10-15(14)11-18(20(13)27-2)21-24-19-6-5-16(23)12-17(19)22(25-21)26-7-3-4-8-26/h5-6,9,11-12,14-15,20H,3-4,7-8,10H2,1-2H3. The molecule has 2 aromatic rings. The lowest BCUT2D eigenvalue weighted by Crippen LogP contribution is -2.22. The molecule has 5 rings (SSSR count). The van der Waals surface area contributed by atoms with E-state index in [0.29, 0.717) is 17.7 Å². The van der Waals surface area contributed by atoms with Crippen molar-refractivity contribution in [1.82, 2.24) is 9.97 Å². The van der Waals surface area contributed by atoms with Crippen molar-refractivity contribution in [3.63, 3.8) is 0 Å². The Labute approximate surface area is 158 Å². The number of nitrogens with zero attached hydrogens (tertiary/aromatic N) is 3. The quantitative estimate of drug-likeness (QED) is 0.758. The number of halogens is 1. The van der Waals surface area contributed by atoms with Crippen molar-refractivity contribution < 1.29 is 9.13 Å². The largest absolute Gasteiger partial charge is 0.372 e. The topological polar surface area (TPSA) is 38.2 Å². The van der Waals surface area contributed by atoms with Gasteiger partial charge in [-0.2, -0.15) is 0 Å². The molecule has 140 valence electrons. The first-order chi connectivity index (χ1) is 13.1. The normalized spacial score (nSPS) is 27.2. The van der Waals surface area contributed by atoms with Gasteiger partial charge in [-0.1, -0.05) is 12.2 Å². The zero-order chi connectivity index (χ0) is 18.5. The number of methoxy groups -OCH3 is 1. The Hall–Kier alpha value is -2.27. The van der Waals surface area contributed by atoms with E-state index in [-0.39, 0.29) is 11.9 Å². The average molecular weight is 365 g/mol. The van der Waals surface area contributed by atoms with Crippen LogP contribution in [0.2, 0.25) is 0 Å². The molecule has 3 unspecified atom stereocenters. The third-order valence-corrected chi connectivity index (χ3v) is 5.99. The van der Waals surface area contributed by atoms with E-state index < -0.39 is 0 Å². The average Bonchev–Trinajstić information content (AvgIpc) is 3.17. The van der Waals surface area contributed by atoms with Gasteiger partial charge in [-0.05, 0) is 61.8 Å². The number of rotatable bonds is 3. The molecule has 0 spiro atoms. The van der Waals surface area contributed by atoms with E-state index in [1.165, 1.54) is 18.1 Å². The van der Waals surface area contributed by atoms with E-state index in [4.69, 9.17) is 14.7 Å². The monoisotopic (exact) mass is 365 g/mol. The van der Waals surface area contributed by atoms with E-state index in [9.17, 15) is 4.39 Å². The third-order valence-electron chi connectivity index (χ3n) is 5.99. The first kappa shape index (κ1) is 16.9. The van der Waals surface area contributed by atoms with E-state index in [0.717, 1.165) is 48.2 Å². The van der Waals surface area contributed by atoms with Crippen molar-refractivity contribution >= 4 is 22.3 Å². The second-order valence-electron chi connectivity index (χ2n) is 7.94. The highest BCUT2D eigenvalue weighted by atomic mass is 19.1. The molecule has 1 saturated carbocycles. The molecule has 0 N–H and O–H groups in total. The molecule has 1 saturated heterocycles. The first-order valence-electron chi connectivity index (χ1n) is 9.79. The van der Waals surface area contributed by atoms with E-state index in [1.54, 1.807) is 19.2 Å². The fourth-order valence-corrected chi connectivity index (χ4v) is 4.50. The second-order valence-corrected chi connectivity index (χ2v) is 7.94. The van der Waals surface area contributed by atoms with Crippen molar-refractivity contribution in [1.29, 1.82) is 0 Å². The smallest absolute Gasteiger partial charge is 0.160 e. The van der Waals surface area contributed by atoms with Gasteiger partial charge < -0.3 is 9.64 Å². The van der Waals surface area contributed by atoms with Crippen LogP contribution in [-0.4, -0.2) is 36.3 Å². The van der Waals surface area contributed by atoms with Gasteiger partial charge in [-0.15, -0.1) is 0 Å². The van der Waals surface area contributed by atoms with Gasteiger partial charge >= 0.3 is 0 Å². The molecule has 1 aromatic carbocycles. The second kappa shape index (κ2) is 6.41. The molecule has 27 heavy (non-hydrogen) atoms. The third kappa shape index (κ3) is 2.94. The van der Waals surface area contributed by atoms with Gasteiger partial charge in [0.05, 0.1) is 5.52 Å². The van der Waals surface area contributed by atoms with Gasteiger partial charge in [0, 0.05) is 31.2 Å². The number of hydrogen-bond acceptors (Lipinski definition) is 4. The van der Waals surface area contributed by atoms with Crippen LogP contribution in [0.5, 0.6) is 0 Å². The van der Waals surface area contributed by atoms with Gasteiger partial charge in [0.25, 0.3) is 0 Å². The maximum Gasteiger partial charge on any atom is 0.160 e. The van der Waals surface area contributed by atoms with Gasteiger partial charge in [0.15, 0.2) is 5.82 Å². The highest BCUT2D eigenvalue weighted by Gasteiger charge is 2.38. The zero-order valence-corrected chi connectivity index (χ0v) is 15.8. The number of fused-ring (bicyclic) bond motifs is 2. The van der Waals surface area contributed by atoms with Crippen LogP contribution in [0.1, 0.15) is 32.0 Å². The number of anilines is 1. The van der Waals surface area contributed by atoms with Gasteiger partial charge in [-0.3, -0.25) is 0 Å². The molecule has 2 heterocycles. The summed E-state index contributed by atoms with van der Waals surface area (Å²) >= 11 is 0. The number of ether oxygens (including phenoxy) is 1. The lowest BCUT2D eigenvalue weighted by molar-refractivity contribution is 0.175. The van der Waals surface area contributed by atoms with Crippen LogP contribution in [0.15, 0.2) is 35.9 Å². The van der Waals surface area contributed by atoms with Gasteiger partial charge in [0.1, 0.15) is 17.7 Å². The summed E-state index contributed by atoms with van der Waals surface area (Å²) in [6.45, 7) is 4.04. The summed E-state index contributed by atoms with van der Waals surface area (Å²) in [5.41, 5.74) is 3.06. The van der Waals surface area contributed by atoms with Crippen LogP contribution in [0.25, 0.3) is 16.5 Å². The molecule has 5 heteroatoms. The highest BCUT2D eigenvalue weighted by molar-refractivity contribution is 5.91. The minimum Gasteiger partial charge on any atom is -0.372 e. The molecule has 0 bridgehead atoms. The fourth-order valence-electron chi connectivity index (χ4n) is 4.50. The lowest BCUT2D eigenvalue weighted by Gasteiger charge is -2.22. The van der Waals surface area contributed by atoms with Crippen molar-refractivity contribution in [3.8, 4) is 0 Å². The van der Waals surface area contributed by atoms with E-state index >= 15 is 0 Å². The Kier molecular flexibility index (Phi) is 4.01. The van der Waals surface area contributed by atoms with Gasteiger partial charge in [-0.25, -0.2) is 14.4 Å². The summed E-state index contributed by atoms with van der Waals surface area (Å²) in [5.74, 6) is 2.48. The number of aromatic nitrogens is 2. The van der Waals surface area contributed by atoms with Crippen LogP contribution >= 0.6 is 0 Å². The summed E-state index contributed by atoms with van der Waals surface area (Å²) in [6, 6.07) is 4.80. The van der Waals surface area contributed by atoms with Crippen molar-refractivity contribution in [2.75, 3.05) is 25.1 Å². The zero-order valence-electron chi connectivity index (χ0n) is 15.8. The molecule has 1 aromatic heterocycles. The maximum atomic E-state index is 13.9. The predicted octanol–water partition coefficient (Wildman–Crippen LogP) is 4.36. The molecule has 0 radical (unpaired) electrons. The Morgan fingerprint density at radius 3 is 2.67 bits per heavy atom. The first-order valence-corrected chi connectivity index (χ1v) is 9.79. The summed E-state index contributed by atoms with van der Waals surface area (Å²) < 4.78 is 19.7. The molecule has 3 atom stereocenters. The van der Waals surface area contributed by atoms with Crippen LogP contribution in [0.3, 0.4) is 0 Å². The number of allylic oxidation sites excluding steroid dienone is 2. The Bertz CT molecular complexity index is 961. The maximum absolute atomic E-state index is 13.9. The van der Waals surface area contributed by atoms with Crippen molar-refractivity contribution in [2.24, 2.45) is 11.8 Å². The Morgan fingerprint density at radius 2 is 1.89 bits per heavy atom. The molecular weight excluding hydrogens is 341 g/mol. The summed E-state index contributed by atoms with van der Waals surface area (Å²) in [6.07, 6.45) is 7.98. The highest BCUT2D eigenvalue weighted by Crippen LogP contribution is 2.47. The predicted molar refractivity (Wildman–Crippen MR) is 105 cm³/mol. The Balaban J connectivity index is 1.69. The number of benzene rings is 1. The van der Waals surface area contributed by atoms with Crippen LogP contribution in [0.4, 0.5) is 10.2 Å². The molecule has 3 aliphatic rings. The molecular formula is C22H24FN3O. The minimum absolute atomic E-state index is 0.123. The van der Waals surface area contributed by atoms with Crippen LogP contribution in [0, 0.1) is 17.7 Å². The minimum atomic E-state index is -0.248. The van der Waals surface area contributed by atoms with Crippen LogP contribution < -0.4 is 4.90 Å². The summed E-state index contributed by atoms with van der Waals surface area (Å²) in [5, 5.41) is 0.792. The molecule has 2 aliphatic carbocycles. The molecule has 4 nitrogen and oxygen atoms in total. The molecule has 2 fully saturated rings. The number of hydrogen-bond donors (Lipinski definition) is 0. The molecule has 1 aliphatic heterocycles. The van der Waals surface area contributed by atoms with E-state index in [1.807, 2.05) is 0 Å². The van der Waals surface area contributed by atoms with E-state index in [2.05, 4.69) is 24.0 Å². The summed E-state index contributed by atoms with van der Waals surface area (Å²) in [7, 11) is 1.74. The summed E-state index contributed by atoms with van der Waals surface area (Å²) in [4.78, 5) is 12.0. The SMILES string of the molecule is COC1C(C)=CC2CC2C=C1c1nc(N2CCCC2)c2cc(F)ccc2n1. The Morgan fingerprint density at radius 1 is 1.11 bits per heavy atom. The fraction of sp³-hybridized carbons (Fsp3) is 0.455.